The Morgan fingerprint density at radius 1 is 1.19 bits per heavy atom. The van der Waals surface area contributed by atoms with Gasteiger partial charge in [0, 0.05) is 18.5 Å². The maximum absolute atomic E-state index is 11.6. The standard InChI is InChI=1S/C15H20ClNO4/c1-19-12-9-11(10-13(20-2)15(12)21-3)5-6-14(18)17-8-4-7-16/h5-6,9-10H,4,7-8H2,1-3H3,(H,17,18)/b6-5+. The zero-order chi connectivity index (χ0) is 15.7. The average Bonchev–Trinajstić information content (AvgIpc) is 2.51. The fourth-order valence-corrected chi connectivity index (χ4v) is 1.84. The van der Waals surface area contributed by atoms with E-state index < -0.39 is 0 Å². The van der Waals surface area contributed by atoms with Gasteiger partial charge in [-0.2, -0.15) is 0 Å². The zero-order valence-corrected chi connectivity index (χ0v) is 13.2. The van der Waals surface area contributed by atoms with Gasteiger partial charge in [-0.1, -0.05) is 0 Å². The number of methoxy groups -OCH3 is 3. The van der Waals surface area contributed by atoms with Crippen molar-refractivity contribution in [1.29, 1.82) is 0 Å². The van der Waals surface area contributed by atoms with E-state index in [0.717, 1.165) is 12.0 Å². The van der Waals surface area contributed by atoms with Crippen molar-refractivity contribution in [2.24, 2.45) is 0 Å². The molecule has 1 aromatic carbocycles. The maximum atomic E-state index is 11.6. The molecule has 0 heterocycles. The summed E-state index contributed by atoms with van der Waals surface area (Å²) in [5.74, 6) is 1.95. The summed E-state index contributed by atoms with van der Waals surface area (Å²) < 4.78 is 15.7. The number of hydrogen-bond acceptors (Lipinski definition) is 4. The number of amides is 1. The van der Waals surface area contributed by atoms with Crippen LogP contribution < -0.4 is 19.5 Å². The minimum absolute atomic E-state index is 0.172. The number of rotatable bonds is 8. The molecule has 116 valence electrons. The van der Waals surface area contributed by atoms with Crippen molar-refractivity contribution in [2.75, 3.05) is 33.8 Å². The minimum Gasteiger partial charge on any atom is -0.493 e. The van der Waals surface area contributed by atoms with Crippen LogP contribution in [-0.4, -0.2) is 39.7 Å². The van der Waals surface area contributed by atoms with E-state index in [1.807, 2.05) is 0 Å². The first-order valence-electron chi connectivity index (χ1n) is 6.48. The first kappa shape index (κ1) is 17.2. The number of nitrogens with one attached hydrogen (secondary N) is 1. The molecule has 6 heteroatoms. The average molecular weight is 314 g/mol. The second-order valence-electron chi connectivity index (χ2n) is 4.13. The number of carbonyl (C=O) groups is 1. The van der Waals surface area contributed by atoms with Crippen molar-refractivity contribution in [3.8, 4) is 17.2 Å². The van der Waals surface area contributed by atoms with Gasteiger partial charge in [0.25, 0.3) is 0 Å². The molecule has 1 rings (SSSR count). The van der Waals surface area contributed by atoms with E-state index >= 15 is 0 Å². The van der Waals surface area contributed by atoms with Crippen LogP contribution in [0.4, 0.5) is 0 Å². The van der Waals surface area contributed by atoms with Crippen molar-refractivity contribution in [2.45, 2.75) is 6.42 Å². The van der Waals surface area contributed by atoms with Crippen LogP contribution in [0.25, 0.3) is 6.08 Å². The highest BCUT2D eigenvalue weighted by molar-refractivity contribution is 6.17. The number of ether oxygens (including phenoxy) is 3. The van der Waals surface area contributed by atoms with Gasteiger partial charge in [0.05, 0.1) is 21.3 Å². The summed E-state index contributed by atoms with van der Waals surface area (Å²) in [6.07, 6.45) is 3.88. The molecule has 0 aliphatic rings. The van der Waals surface area contributed by atoms with E-state index in [2.05, 4.69) is 5.32 Å². The normalized spacial score (nSPS) is 10.5. The molecule has 5 nitrogen and oxygen atoms in total. The molecule has 0 atom stereocenters. The van der Waals surface area contributed by atoms with E-state index in [-0.39, 0.29) is 5.91 Å². The molecule has 0 saturated heterocycles. The van der Waals surface area contributed by atoms with Gasteiger partial charge in [-0.05, 0) is 30.2 Å². The lowest BCUT2D eigenvalue weighted by Crippen LogP contribution is -2.22. The Bertz CT molecular complexity index is 477. The van der Waals surface area contributed by atoms with Crippen LogP contribution in [0.5, 0.6) is 17.2 Å². The molecule has 0 saturated carbocycles. The molecule has 0 aromatic heterocycles. The van der Waals surface area contributed by atoms with Crippen LogP contribution in [0, 0.1) is 0 Å². The molecule has 0 fully saturated rings. The van der Waals surface area contributed by atoms with Gasteiger partial charge in [0.1, 0.15) is 0 Å². The Balaban J connectivity index is 2.86. The lowest BCUT2D eigenvalue weighted by atomic mass is 10.1. The molecule has 1 N–H and O–H groups in total. The number of alkyl halides is 1. The van der Waals surface area contributed by atoms with Gasteiger partial charge < -0.3 is 19.5 Å². The molecule has 0 radical (unpaired) electrons. The third kappa shape index (κ3) is 5.19. The molecule has 0 spiro atoms. The summed E-state index contributed by atoms with van der Waals surface area (Å²) >= 11 is 5.54. The van der Waals surface area contributed by atoms with Crippen LogP contribution in [0.15, 0.2) is 18.2 Å². The first-order chi connectivity index (χ1) is 10.2. The highest BCUT2D eigenvalue weighted by Crippen LogP contribution is 2.38. The Kier molecular flexibility index (Phi) is 7.46. The van der Waals surface area contributed by atoms with Crippen molar-refractivity contribution < 1.29 is 19.0 Å². The van der Waals surface area contributed by atoms with E-state index in [4.69, 9.17) is 25.8 Å². The summed E-state index contributed by atoms with van der Waals surface area (Å²) in [6.45, 7) is 0.557. The van der Waals surface area contributed by atoms with E-state index in [1.54, 1.807) is 39.5 Å². The zero-order valence-electron chi connectivity index (χ0n) is 12.4. The summed E-state index contributed by atoms with van der Waals surface area (Å²) in [6, 6.07) is 3.54. The number of hydrogen-bond donors (Lipinski definition) is 1. The van der Waals surface area contributed by atoms with Crippen LogP contribution in [-0.2, 0) is 4.79 Å². The summed E-state index contributed by atoms with van der Waals surface area (Å²) in [5.41, 5.74) is 0.775. The Morgan fingerprint density at radius 3 is 2.29 bits per heavy atom. The van der Waals surface area contributed by atoms with Crippen molar-refractivity contribution >= 4 is 23.6 Å². The number of halogens is 1. The largest absolute Gasteiger partial charge is 0.493 e. The van der Waals surface area contributed by atoms with Crippen LogP contribution in [0.2, 0.25) is 0 Å². The van der Waals surface area contributed by atoms with Gasteiger partial charge in [-0.25, -0.2) is 0 Å². The molecule has 0 bridgehead atoms. The van der Waals surface area contributed by atoms with Gasteiger partial charge in [-0.15, -0.1) is 11.6 Å². The summed E-state index contributed by atoms with van der Waals surface area (Å²) in [5, 5.41) is 2.74. The van der Waals surface area contributed by atoms with Gasteiger partial charge in [-0.3, -0.25) is 4.79 Å². The van der Waals surface area contributed by atoms with Gasteiger partial charge in [0.15, 0.2) is 11.5 Å². The highest BCUT2D eigenvalue weighted by Gasteiger charge is 2.12. The number of carbonyl (C=O) groups excluding carboxylic acids is 1. The third-order valence-corrected chi connectivity index (χ3v) is 2.99. The number of benzene rings is 1. The lowest BCUT2D eigenvalue weighted by molar-refractivity contribution is -0.116. The minimum atomic E-state index is -0.172. The predicted molar refractivity (Wildman–Crippen MR) is 83.5 cm³/mol. The van der Waals surface area contributed by atoms with Crippen LogP contribution in [0.1, 0.15) is 12.0 Å². The van der Waals surface area contributed by atoms with Gasteiger partial charge in [0.2, 0.25) is 11.7 Å². The predicted octanol–water partition coefficient (Wildman–Crippen LogP) is 2.47. The van der Waals surface area contributed by atoms with Crippen molar-refractivity contribution in [1.82, 2.24) is 5.32 Å². The topological polar surface area (TPSA) is 56.8 Å². The molecule has 0 aliphatic carbocycles. The molecule has 0 aliphatic heterocycles. The SMILES string of the molecule is COc1cc(/C=C/C(=O)NCCCCl)cc(OC)c1OC. The van der Waals surface area contributed by atoms with Crippen LogP contribution in [0.3, 0.4) is 0 Å². The van der Waals surface area contributed by atoms with E-state index in [1.165, 1.54) is 6.08 Å². The first-order valence-corrected chi connectivity index (χ1v) is 7.01. The summed E-state index contributed by atoms with van der Waals surface area (Å²) in [4.78, 5) is 11.6. The quantitative estimate of drug-likeness (QED) is 0.455. The monoisotopic (exact) mass is 313 g/mol. The maximum Gasteiger partial charge on any atom is 0.243 e. The molecular formula is C15H20ClNO4. The lowest BCUT2D eigenvalue weighted by Gasteiger charge is -2.12. The van der Waals surface area contributed by atoms with Crippen molar-refractivity contribution in [3.05, 3.63) is 23.8 Å². The summed E-state index contributed by atoms with van der Waals surface area (Å²) in [7, 11) is 4.63. The smallest absolute Gasteiger partial charge is 0.243 e. The molecule has 21 heavy (non-hydrogen) atoms. The van der Waals surface area contributed by atoms with E-state index in [9.17, 15) is 4.79 Å². The Labute approximate surface area is 129 Å². The second kappa shape index (κ2) is 9.13. The molecule has 1 amide bonds. The van der Waals surface area contributed by atoms with Gasteiger partial charge >= 0.3 is 0 Å². The molecule has 1 aromatic rings. The Morgan fingerprint density at radius 2 is 1.81 bits per heavy atom. The Hall–Kier alpha value is -1.88. The van der Waals surface area contributed by atoms with E-state index in [0.29, 0.717) is 29.7 Å². The fraction of sp³-hybridized carbons (Fsp3) is 0.400. The fourth-order valence-electron chi connectivity index (χ4n) is 1.71. The van der Waals surface area contributed by atoms with Crippen molar-refractivity contribution in [3.63, 3.8) is 0 Å². The molecule has 0 unspecified atom stereocenters. The second-order valence-corrected chi connectivity index (χ2v) is 4.50. The molecular weight excluding hydrogens is 294 g/mol. The van der Waals surface area contributed by atoms with Crippen LogP contribution >= 0.6 is 11.6 Å². The highest BCUT2D eigenvalue weighted by atomic mass is 35.5. The third-order valence-electron chi connectivity index (χ3n) is 2.72.